The van der Waals surface area contributed by atoms with Gasteiger partial charge in [-0.15, -0.1) is 5.10 Å². The van der Waals surface area contributed by atoms with Crippen molar-refractivity contribution >= 4 is 23.5 Å². The van der Waals surface area contributed by atoms with E-state index in [1.165, 1.54) is 11.0 Å². The van der Waals surface area contributed by atoms with Gasteiger partial charge in [-0.1, -0.05) is 13.3 Å². The molecule has 0 radical (unpaired) electrons. The summed E-state index contributed by atoms with van der Waals surface area (Å²) in [6.45, 7) is 1.84. The maximum Gasteiger partial charge on any atom is 0.325 e. The summed E-state index contributed by atoms with van der Waals surface area (Å²) in [5.41, 5.74) is 0.458. The van der Waals surface area contributed by atoms with Crippen LogP contribution in [0.2, 0.25) is 0 Å². The predicted octanol–water partition coefficient (Wildman–Crippen LogP) is 1.49. The molecule has 2 aliphatic rings. The van der Waals surface area contributed by atoms with E-state index in [1.54, 1.807) is 24.3 Å². The average Bonchev–Trinajstić information content (AvgIpc) is 3.33. The molecular formula is C19H23N7O3. The zero-order valence-corrected chi connectivity index (χ0v) is 16.2. The van der Waals surface area contributed by atoms with Crippen LogP contribution in [0.1, 0.15) is 39.0 Å². The SMILES string of the molecule is CCC1CCC2(CC1)NC(=O)N(CC(=O)Nc1ccc(-n3cnnn3)cc1)C2=O. The molecule has 0 bridgehead atoms. The number of anilines is 1. The molecule has 1 aliphatic heterocycles. The first-order valence-electron chi connectivity index (χ1n) is 9.78. The summed E-state index contributed by atoms with van der Waals surface area (Å²) in [7, 11) is 0. The number of benzene rings is 1. The maximum absolute atomic E-state index is 12.9. The van der Waals surface area contributed by atoms with Gasteiger partial charge >= 0.3 is 6.03 Å². The molecular weight excluding hydrogens is 374 g/mol. The van der Waals surface area contributed by atoms with Crippen molar-refractivity contribution in [2.45, 2.75) is 44.6 Å². The highest BCUT2D eigenvalue weighted by atomic mass is 16.2. The monoisotopic (exact) mass is 397 g/mol. The van der Waals surface area contributed by atoms with E-state index in [2.05, 4.69) is 33.1 Å². The van der Waals surface area contributed by atoms with Gasteiger partial charge in [0, 0.05) is 5.69 Å². The van der Waals surface area contributed by atoms with Crippen LogP contribution in [0, 0.1) is 5.92 Å². The van der Waals surface area contributed by atoms with Crippen LogP contribution in [0.3, 0.4) is 0 Å². The van der Waals surface area contributed by atoms with Gasteiger partial charge in [0.25, 0.3) is 5.91 Å². The van der Waals surface area contributed by atoms with Crippen LogP contribution in [-0.2, 0) is 9.59 Å². The molecule has 2 aromatic rings. The van der Waals surface area contributed by atoms with Gasteiger partial charge in [0.2, 0.25) is 5.91 Å². The molecule has 2 heterocycles. The molecule has 2 N–H and O–H groups in total. The third-order valence-corrected chi connectivity index (χ3v) is 5.85. The van der Waals surface area contributed by atoms with Crippen LogP contribution in [0.4, 0.5) is 10.5 Å². The number of amides is 4. The van der Waals surface area contributed by atoms with Gasteiger partial charge in [-0.05, 0) is 66.3 Å². The van der Waals surface area contributed by atoms with Crippen LogP contribution >= 0.6 is 0 Å². The van der Waals surface area contributed by atoms with Crippen molar-refractivity contribution in [3.8, 4) is 5.69 Å². The van der Waals surface area contributed by atoms with Gasteiger partial charge in [0.15, 0.2) is 0 Å². The normalized spacial score (nSPS) is 24.0. The van der Waals surface area contributed by atoms with Crippen LogP contribution in [0.25, 0.3) is 5.69 Å². The molecule has 1 saturated carbocycles. The summed E-state index contributed by atoms with van der Waals surface area (Å²) in [5, 5.41) is 16.5. The minimum Gasteiger partial charge on any atom is -0.325 e. The number of tetrazole rings is 1. The number of hydrogen-bond acceptors (Lipinski definition) is 6. The number of rotatable bonds is 5. The second-order valence-electron chi connectivity index (χ2n) is 7.60. The molecule has 1 saturated heterocycles. The fraction of sp³-hybridized carbons (Fsp3) is 0.474. The summed E-state index contributed by atoms with van der Waals surface area (Å²) in [4.78, 5) is 38.7. The first-order valence-corrected chi connectivity index (χ1v) is 9.78. The zero-order chi connectivity index (χ0) is 20.4. The molecule has 1 spiro atoms. The third kappa shape index (κ3) is 3.69. The van der Waals surface area contributed by atoms with Gasteiger partial charge in [0.1, 0.15) is 18.4 Å². The minimum atomic E-state index is -0.837. The maximum atomic E-state index is 12.9. The highest BCUT2D eigenvalue weighted by Crippen LogP contribution is 2.37. The van der Waals surface area contributed by atoms with E-state index in [4.69, 9.17) is 0 Å². The largest absolute Gasteiger partial charge is 0.325 e. The van der Waals surface area contributed by atoms with Crippen LogP contribution in [0.5, 0.6) is 0 Å². The van der Waals surface area contributed by atoms with E-state index >= 15 is 0 Å². The molecule has 152 valence electrons. The van der Waals surface area contributed by atoms with Crippen molar-refractivity contribution < 1.29 is 14.4 Å². The fourth-order valence-electron chi connectivity index (χ4n) is 4.06. The Kier molecular flexibility index (Phi) is 4.99. The van der Waals surface area contributed by atoms with Crippen LogP contribution < -0.4 is 10.6 Å². The van der Waals surface area contributed by atoms with Crippen molar-refractivity contribution in [1.82, 2.24) is 30.4 Å². The highest BCUT2D eigenvalue weighted by molar-refractivity contribution is 6.10. The summed E-state index contributed by atoms with van der Waals surface area (Å²) >= 11 is 0. The lowest BCUT2D eigenvalue weighted by atomic mass is 9.75. The summed E-state index contributed by atoms with van der Waals surface area (Å²) in [6.07, 6.45) is 5.64. The smallest absolute Gasteiger partial charge is 0.325 e. The lowest BCUT2D eigenvalue weighted by Crippen LogP contribution is -2.49. The first-order chi connectivity index (χ1) is 14.0. The van der Waals surface area contributed by atoms with E-state index in [9.17, 15) is 14.4 Å². The Morgan fingerprint density at radius 3 is 2.59 bits per heavy atom. The van der Waals surface area contributed by atoms with E-state index in [0.717, 1.165) is 29.8 Å². The molecule has 4 amide bonds. The number of nitrogens with zero attached hydrogens (tertiary/aromatic N) is 5. The number of carbonyl (C=O) groups is 3. The number of aromatic nitrogens is 4. The molecule has 1 aliphatic carbocycles. The fourth-order valence-corrected chi connectivity index (χ4v) is 4.06. The van der Waals surface area contributed by atoms with Crippen molar-refractivity contribution in [2.75, 3.05) is 11.9 Å². The highest BCUT2D eigenvalue weighted by Gasteiger charge is 2.52. The minimum absolute atomic E-state index is 0.291. The van der Waals surface area contributed by atoms with Gasteiger partial charge < -0.3 is 10.6 Å². The van der Waals surface area contributed by atoms with Crippen molar-refractivity contribution in [1.29, 1.82) is 0 Å². The zero-order valence-electron chi connectivity index (χ0n) is 16.2. The number of imide groups is 1. The molecule has 0 atom stereocenters. The topological polar surface area (TPSA) is 122 Å². The van der Waals surface area contributed by atoms with Crippen molar-refractivity contribution in [3.63, 3.8) is 0 Å². The van der Waals surface area contributed by atoms with Gasteiger partial charge in [-0.25, -0.2) is 9.48 Å². The van der Waals surface area contributed by atoms with Crippen molar-refractivity contribution in [3.05, 3.63) is 30.6 Å². The Balaban J connectivity index is 1.37. The number of hydrogen-bond donors (Lipinski definition) is 2. The molecule has 1 aromatic heterocycles. The Morgan fingerprint density at radius 2 is 1.97 bits per heavy atom. The standard InChI is InChI=1S/C19H23N7O3/c1-2-13-7-9-19(10-8-13)17(28)25(18(29)22-19)11-16(27)21-14-3-5-15(6-4-14)26-12-20-23-24-26/h3-6,12-13H,2,7-11H2,1H3,(H,21,27)(H,22,29). The lowest BCUT2D eigenvalue weighted by Gasteiger charge is -2.34. The van der Waals surface area contributed by atoms with Gasteiger partial charge in [-0.2, -0.15) is 0 Å². The summed E-state index contributed by atoms with van der Waals surface area (Å²) in [5.74, 6) is -0.122. The van der Waals surface area contributed by atoms with E-state index < -0.39 is 17.5 Å². The Hall–Kier alpha value is -3.30. The molecule has 10 heteroatoms. The average molecular weight is 397 g/mol. The molecule has 10 nitrogen and oxygen atoms in total. The van der Waals surface area contributed by atoms with Crippen LogP contribution in [-0.4, -0.2) is 55.0 Å². The number of carbonyl (C=O) groups excluding carboxylic acids is 3. The van der Waals surface area contributed by atoms with E-state index in [-0.39, 0.29) is 12.5 Å². The van der Waals surface area contributed by atoms with Crippen molar-refractivity contribution in [2.24, 2.45) is 5.92 Å². The summed E-state index contributed by atoms with van der Waals surface area (Å²) < 4.78 is 1.49. The van der Waals surface area contributed by atoms with Gasteiger partial charge in [0.05, 0.1) is 5.69 Å². The third-order valence-electron chi connectivity index (χ3n) is 5.85. The molecule has 1 aromatic carbocycles. The molecule has 0 unspecified atom stereocenters. The number of nitrogens with one attached hydrogen (secondary N) is 2. The number of urea groups is 1. The van der Waals surface area contributed by atoms with E-state index in [0.29, 0.717) is 24.4 Å². The van der Waals surface area contributed by atoms with E-state index in [1.807, 2.05) is 0 Å². The first kappa shape index (κ1) is 19.0. The second kappa shape index (κ2) is 7.61. The summed E-state index contributed by atoms with van der Waals surface area (Å²) in [6, 6.07) is 6.42. The molecule has 4 rings (SSSR count). The Bertz CT molecular complexity index is 902. The Morgan fingerprint density at radius 1 is 1.24 bits per heavy atom. The molecule has 29 heavy (non-hydrogen) atoms. The van der Waals surface area contributed by atoms with Gasteiger partial charge in [-0.3, -0.25) is 14.5 Å². The quantitative estimate of drug-likeness (QED) is 0.737. The van der Waals surface area contributed by atoms with Crippen LogP contribution in [0.15, 0.2) is 30.6 Å². The second-order valence-corrected chi connectivity index (χ2v) is 7.60. The lowest BCUT2D eigenvalue weighted by molar-refractivity contribution is -0.135. The molecule has 2 fully saturated rings. The Labute approximate surface area is 167 Å². The predicted molar refractivity (Wildman–Crippen MR) is 103 cm³/mol.